The van der Waals surface area contributed by atoms with Crippen LogP contribution in [0.2, 0.25) is 0 Å². The van der Waals surface area contributed by atoms with Gasteiger partial charge in [0.2, 0.25) is 0 Å². The Morgan fingerprint density at radius 3 is 2.69 bits per heavy atom. The van der Waals surface area contributed by atoms with Crippen molar-refractivity contribution in [2.24, 2.45) is 5.92 Å². The molecule has 0 radical (unpaired) electrons. The Morgan fingerprint density at radius 2 is 2.15 bits per heavy atom. The Bertz CT molecular complexity index is 159. The highest BCUT2D eigenvalue weighted by molar-refractivity contribution is 5.81. The molecule has 0 saturated heterocycles. The molecular weight excluding hydrogens is 164 g/mol. The predicted octanol–water partition coefficient (Wildman–Crippen LogP) is 2.93. The van der Waals surface area contributed by atoms with Gasteiger partial charge in [-0.15, -0.1) is 0 Å². The summed E-state index contributed by atoms with van der Waals surface area (Å²) in [5.41, 5.74) is 0. The summed E-state index contributed by atoms with van der Waals surface area (Å²) < 4.78 is 4.97. The van der Waals surface area contributed by atoms with Crippen molar-refractivity contribution in [3.8, 4) is 0 Å². The molecule has 2 nitrogen and oxygen atoms in total. The first-order valence-corrected chi connectivity index (χ1v) is 5.00. The molecule has 2 heteroatoms. The monoisotopic (exact) mass is 184 g/mol. The number of ether oxygens (including phenoxy) is 1. The first kappa shape index (κ1) is 12.2. The van der Waals surface area contributed by atoms with E-state index in [2.05, 4.69) is 20.8 Å². The highest BCUT2D eigenvalue weighted by atomic mass is 16.5. The van der Waals surface area contributed by atoms with Crippen molar-refractivity contribution in [1.29, 1.82) is 0 Å². The average Bonchev–Trinajstić information content (AvgIpc) is 2.04. The van der Waals surface area contributed by atoms with Crippen LogP contribution in [0.5, 0.6) is 0 Å². The summed E-state index contributed by atoms with van der Waals surface area (Å²) in [6.07, 6.45) is 6.32. The number of carbonyl (C=O) groups excluding carboxylic acids is 1. The molecule has 0 amide bonds. The lowest BCUT2D eigenvalue weighted by Gasteiger charge is -2.03. The van der Waals surface area contributed by atoms with E-state index in [1.807, 2.05) is 6.08 Å². The molecule has 0 aliphatic rings. The molecule has 0 heterocycles. The molecule has 0 unspecified atom stereocenters. The van der Waals surface area contributed by atoms with E-state index in [4.69, 9.17) is 4.74 Å². The molecule has 76 valence electrons. The lowest BCUT2D eigenvalue weighted by molar-refractivity contribution is -0.138. The number of hydrogen-bond acceptors (Lipinski definition) is 2. The van der Waals surface area contributed by atoms with Gasteiger partial charge >= 0.3 is 5.97 Å². The molecule has 13 heavy (non-hydrogen) atoms. The quantitative estimate of drug-likeness (QED) is 0.468. The van der Waals surface area contributed by atoms with E-state index in [0.717, 1.165) is 19.3 Å². The number of hydrogen-bond donors (Lipinski definition) is 0. The molecule has 0 rings (SSSR count). The van der Waals surface area contributed by atoms with Crippen LogP contribution in [0.3, 0.4) is 0 Å². The van der Waals surface area contributed by atoms with Gasteiger partial charge in [0.05, 0.1) is 6.61 Å². The SMILES string of the molecule is CCC/C=C/C(=O)OCCC(C)C. The molecule has 0 aromatic heterocycles. The first-order valence-electron chi connectivity index (χ1n) is 5.00. The summed E-state index contributed by atoms with van der Waals surface area (Å²) in [6.45, 7) is 6.84. The summed E-state index contributed by atoms with van der Waals surface area (Å²) >= 11 is 0. The highest BCUT2D eigenvalue weighted by Gasteiger charge is 1.97. The second kappa shape index (κ2) is 7.84. The predicted molar refractivity (Wildman–Crippen MR) is 54.5 cm³/mol. The molecule has 0 N–H and O–H groups in total. The second-order valence-electron chi connectivity index (χ2n) is 3.54. The lowest BCUT2D eigenvalue weighted by atomic mass is 10.1. The van der Waals surface area contributed by atoms with Crippen molar-refractivity contribution < 1.29 is 9.53 Å². The number of unbranched alkanes of at least 4 members (excludes halogenated alkanes) is 1. The zero-order valence-electron chi connectivity index (χ0n) is 8.88. The topological polar surface area (TPSA) is 26.3 Å². The number of carbonyl (C=O) groups is 1. The molecule has 0 atom stereocenters. The van der Waals surface area contributed by atoms with Crippen LogP contribution in [-0.4, -0.2) is 12.6 Å². The van der Waals surface area contributed by atoms with Crippen LogP contribution in [0, 0.1) is 5.92 Å². The van der Waals surface area contributed by atoms with E-state index in [1.54, 1.807) is 0 Å². The van der Waals surface area contributed by atoms with Gasteiger partial charge in [0, 0.05) is 6.08 Å². The van der Waals surface area contributed by atoms with Crippen LogP contribution < -0.4 is 0 Å². The fraction of sp³-hybridized carbons (Fsp3) is 0.727. The van der Waals surface area contributed by atoms with E-state index >= 15 is 0 Å². The summed E-state index contributed by atoms with van der Waals surface area (Å²) in [7, 11) is 0. The number of rotatable bonds is 6. The maximum atomic E-state index is 11.0. The van der Waals surface area contributed by atoms with Gasteiger partial charge in [0.25, 0.3) is 0 Å². The van der Waals surface area contributed by atoms with Crippen molar-refractivity contribution >= 4 is 5.97 Å². The second-order valence-corrected chi connectivity index (χ2v) is 3.54. The van der Waals surface area contributed by atoms with Gasteiger partial charge in [-0.05, 0) is 18.8 Å². The van der Waals surface area contributed by atoms with E-state index in [9.17, 15) is 4.79 Å². The third kappa shape index (κ3) is 9.12. The molecule has 0 fully saturated rings. The summed E-state index contributed by atoms with van der Waals surface area (Å²) in [6, 6.07) is 0. The Morgan fingerprint density at radius 1 is 1.46 bits per heavy atom. The molecule has 0 spiro atoms. The van der Waals surface area contributed by atoms with Crippen molar-refractivity contribution in [3.05, 3.63) is 12.2 Å². The lowest BCUT2D eigenvalue weighted by Crippen LogP contribution is -2.04. The number of allylic oxidation sites excluding steroid dienone is 1. The largest absolute Gasteiger partial charge is 0.463 e. The van der Waals surface area contributed by atoms with Crippen molar-refractivity contribution in [2.75, 3.05) is 6.61 Å². The fourth-order valence-corrected chi connectivity index (χ4v) is 0.790. The van der Waals surface area contributed by atoms with Gasteiger partial charge in [-0.2, -0.15) is 0 Å². The van der Waals surface area contributed by atoms with Crippen LogP contribution in [0.4, 0.5) is 0 Å². The van der Waals surface area contributed by atoms with Gasteiger partial charge < -0.3 is 4.74 Å². The Labute approximate surface area is 81.0 Å². The normalized spacial score (nSPS) is 11.1. The van der Waals surface area contributed by atoms with Crippen molar-refractivity contribution in [1.82, 2.24) is 0 Å². The Kier molecular flexibility index (Phi) is 7.36. The number of esters is 1. The van der Waals surface area contributed by atoms with Crippen molar-refractivity contribution in [2.45, 2.75) is 40.0 Å². The van der Waals surface area contributed by atoms with Crippen LogP contribution in [0.15, 0.2) is 12.2 Å². The van der Waals surface area contributed by atoms with E-state index in [0.29, 0.717) is 12.5 Å². The smallest absolute Gasteiger partial charge is 0.330 e. The van der Waals surface area contributed by atoms with Gasteiger partial charge in [-0.3, -0.25) is 0 Å². The van der Waals surface area contributed by atoms with Crippen LogP contribution in [0.1, 0.15) is 40.0 Å². The maximum absolute atomic E-state index is 11.0. The molecular formula is C11H20O2. The molecule has 0 aromatic rings. The molecule has 0 aromatic carbocycles. The van der Waals surface area contributed by atoms with Crippen molar-refractivity contribution in [3.63, 3.8) is 0 Å². The van der Waals surface area contributed by atoms with Gasteiger partial charge in [0.1, 0.15) is 0 Å². The maximum Gasteiger partial charge on any atom is 0.330 e. The average molecular weight is 184 g/mol. The zero-order chi connectivity index (χ0) is 10.1. The third-order valence-corrected chi connectivity index (χ3v) is 1.65. The summed E-state index contributed by atoms with van der Waals surface area (Å²) in [5, 5.41) is 0. The van der Waals surface area contributed by atoms with Crippen LogP contribution >= 0.6 is 0 Å². The molecule has 0 aliphatic heterocycles. The van der Waals surface area contributed by atoms with Gasteiger partial charge in [-0.1, -0.05) is 33.3 Å². The highest BCUT2D eigenvalue weighted by Crippen LogP contribution is 1.99. The van der Waals surface area contributed by atoms with Crippen LogP contribution in [-0.2, 0) is 9.53 Å². The zero-order valence-corrected chi connectivity index (χ0v) is 8.88. The van der Waals surface area contributed by atoms with E-state index in [1.165, 1.54) is 6.08 Å². The first-order chi connectivity index (χ1) is 6.16. The minimum Gasteiger partial charge on any atom is -0.463 e. The van der Waals surface area contributed by atoms with Gasteiger partial charge in [0.15, 0.2) is 0 Å². The molecule has 0 bridgehead atoms. The summed E-state index contributed by atoms with van der Waals surface area (Å²) in [4.78, 5) is 11.0. The standard InChI is InChI=1S/C11H20O2/c1-4-5-6-7-11(12)13-9-8-10(2)3/h6-7,10H,4-5,8-9H2,1-3H3/b7-6+. The molecule has 0 aliphatic carbocycles. The Balaban J connectivity index is 3.40. The van der Waals surface area contributed by atoms with Crippen LogP contribution in [0.25, 0.3) is 0 Å². The van der Waals surface area contributed by atoms with E-state index in [-0.39, 0.29) is 5.97 Å². The fourth-order valence-electron chi connectivity index (χ4n) is 0.790. The Hall–Kier alpha value is -0.790. The molecule has 0 saturated carbocycles. The minimum absolute atomic E-state index is 0.214. The van der Waals surface area contributed by atoms with E-state index < -0.39 is 0 Å². The minimum atomic E-state index is -0.214. The summed E-state index contributed by atoms with van der Waals surface area (Å²) in [5.74, 6) is 0.376. The van der Waals surface area contributed by atoms with Gasteiger partial charge in [-0.25, -0.2) is 4.79 Å². The third-order valence-electron chi connectivity index (χ3n) is 1.65.